The second-order valence-electron chi connectivity index (χ2n) is 6.00. The molecule has 1 fully saturated rings. The Labute approximate surface area is 141 Å². The molecule has 1 aliphatic rings. The SMILES string of the molecule is Cn1ncc(N2CC[C@@H](CNC(=O)CCNS(C)(=O)=O)C2)cc1=O. The first-order chi connectivity index (χ1) is 11.2. The Kier molecular flexibility index (Phi) is 5.94. The average molecular weight is 357 g/mol. The van der Waals surface area contributed by atoms with Crippen LogP contribution in [0.2, 0.25) is 0 Å². The van der Waals surface area contributed by atoms with Gasteiger partial charge < -0.3 is 10.2 Å². The van der Waals surface area contributed by atoms with Crippen LogP contribution in [0.1, 0.15) is 12.8 Å². The fourth-order valence-corrected chi connectivity index (χ4v) is 3.04. The van der Waals surface area contributed by atoms with E-state index in [4.69, 9.17) is 0 Å². The molecule has 0 bridgehead atoms. The fourth-order valence-electron chi connectivity index (χ4n) is 2.56. The van der Waals surface area contributed by atoms with Crippen molar-refractivity contribution in [2.45, 2.75) is 12.8 Å². The van der Waals surface area contributed by atoms with Crippen molar-refractivity contribution < 1.29 is 13.2 Å². The monoisotopic (exact) mass is 357 g/mol. The zero-order valence-electron chi connectivity index (χ0n) is 13.9. The number of aromatic nitrogens is 2. The van der Waals surface area contributed by atoms with E-state index >= 15 is 0 Å². The van der Waals surface area contributed by atoms with Crippen molar-refractivity contribution in [3.05, 3.63) is 22.6 Å². The van der Waals surface area contributed by atoms with E-state index in [0.717, 1.165) is 31.5 Å². The molecule has 9 nitrogen and oxygen atoms in total. The smallest absolute Gasteiger partial charge is 0.268 e. The summed E-state index contributed by atoms with van der Waals surface area (Å²) >= 11 is 0. The lowest BCUT2D eigenvalue weighted by atomic mass is 10.1. The normalized spacial score (nSPS) is 17.9. The molecule has 1 amide bonds. The number of anilines is 1. The van der Waals surface area contributed by atoms with Crippen LogP contribution in [0.4, 0.5) is 5.69 Å². The minimum atomic E-state index is -3.26. The number of nitrogens with zero attached hydrogens (tertiary/aromatic N) is 3. The van der Waals surface area contributed by atoms with Gasteiger partial charge in [-0.15, -0.1) is 0 Å². The highest BCUT2D eigenvalue weighted by molar-refractivity contribution is 7.88. The maximum Gasteiger partial charge on any atom is 0.268 e. The van der Waals surface area contributed by atoms with Gasteiger partial charge in [0, 0.05) is 45.7 Å². The van der Waals surface area contributed by atoms with Gasteiger partial charge in [0.25, 0.3) is 5.56 Å². The highest BCUT2D eigenvalue weighted by Crippen LogP contribution is 2.21. The first kappa shape index (κ1) is 18.4. The predicted molar refractivity (Wildman–Crippen MR) is 90.3 cm³/mol. The molecular weight excluding hydrogens is 334 g/mol. The van der Waals surface area contributed by atoms with E-state index in [0.29, 0.717) is 12.5 Å². The van der Waals surface area contributed by atoms with E-state index in [1.807, 2.05) is 0 Å². The van der Waals surface area contributed by atoms with Crippen LogP contribution in [0.3, 0.4) is 0 Å². The molecule has 0 aromatic carbocycles. The van der Waals surface area contributed by atoms with Gasteiger partial charge in [-0.2, -0.15) is 5.10 Å². The Bertz CT molecular complexity index is 746. The highest BCUT2D eigenvalue weighted by atomic mass is 32.2. The molecule has 134 valence electrons. The summed E-state index contributed by atoms with van der Waals surface area (Å²) in [6, 6.07) is 1.56. The quantitative estimate of drug-likeness (QED) is 0.625. The van der Waals surface area contributed by atoms with E-state index in [2.05, 4.69) is 20.0 Å². The molecular formula is C14H23N5O4S. The number of amides is 1. The van der Waals surface area contributed by atoms with Crippen molar-refractivity contribution in [3.63, 3.8) is 0 Å². The van der Waals surface area contributed by atoms with E-state index in [9.17, 15) is 18.0 Å². The molecule has 0 unspecified atom stereocenters. The zero-order valence-corrected chi connectivity index (χ0v) is 14.7. The molecule has 0 aliphatic carbocycles. The maximum absolute atomic E-state index is 11.7. The molecule has 1 aliphatic heterocycles. The molecule has 0 spiro atoms. The van der Waals surface area contributed by atoms with Gasteiger partial charge in [0.2, 0.25) is 15.9 Å². The summed E-state index contributed by atoms with van der Waals surface area (Å²) in [5.74, 6) is 0.112. The molecule has 1 atom stereocenters. The summed E-state index contributed by atoms with van der Waals surface area (Å²) in [6.07, 6.45) is 3.75. The Hall–Kier alpha value is -1.94. The molecule has 1 saturated heterocycles. The van der Waals surface area contributed by atoms with Gasteiger partial charge in [0.1, 0.15) is 0 Å². The van der Waals surface area contributed by atoms with Gasteiger partial charge in [-0.1, -0.05) is 0 Å². The Morgan fingerprint density at radius 2 is 2.21 bits per heavy atom. The number of carbonyl (C=O) groups is 1. The zero-order chi connectivity index (χ0) is 17.7. The maximum atomic E-state index is 11.7. The number of sulfonamides is 1. The van der Waals surface area contributed by atoms with Crippen LogP contribution >= 0.6 is 0 Å². The minimum absolute atomic E-state index is 0.0977. The molecule has 2 rings (SSSR count). The van der Waals surface area contributed by atoms with Crippen molar-refractivity contribution in [3.8, 4) is 0 Å². The van der Waals surface area contributed by atoms with Crippen molar-refractivity contribution in [1.82, 2.24) is 19.8 Å². The number of aryl methyl sites for hydroxylation is 1. The third-order valence-corrected chi connectivity index (χ3v) is 4.64. The topological polar surface area (TPSA) is 113 Å². The summed E-state index contributed by atoms with van der Waals surface area (Å²) in [4.78, 5) is 25.4. The molecule has 2 heterocycles. The summed E-state index contributed by atoms with van der Waals surface area (Å²) in [5, 5.41) is 6.83. The van der Waals surface area contributed by atoms with E-state index in [1.165, 1.54) is 4.68 Å². The van der Waals surface area contributed by atoms with Crippen molar-refractivity contribution in [1.29, 1.82) is 0 Å². The molecule has 10 heteroatoms. The molecule has 2 N–H and O–H groups in total. The first-order valence-electron chi connectivity index (χ1n) is 7.74. The number of hydrogen-bond donors (Lipinski definition) is 2. The predicted octanol–water partition coefficient (Wildman–Crippen LogP) is -1.34. The third kappa shape index (κ3) is 5.60. The first-order valence-corrected chi connectivity index (χ1v) is 9.63. The van der Waals surface area contributed by atoms with E-state index in [-0.39, 0.29) is 24.4 Å². The van der Waals surface area contributed by atoms with Gasteiger partial charge in [-0.05, 0) is 12.3 Å². The summed E-state index contributed by atoms with van der Waals surface area (Å²) in [5.41, 5.74) is 0.645. The number of rotatable bonds is 7. The standard InChI is InChI=1S/C14H23N5O4S/c1-18-14(21)7-12(9-16-18)19-6-4-11(10-19)8-15-13(20)3-5-17-24(2,22)23/h7,9,11,17H,3-6,8,10H2,1-2H3,(H,15,20)/t11-/m0/s1. The van der Waals surface area contributed by atoms with Crippen LogP contribution in [-0.4, -0.2) is 56.5 Å². The Balaban J connectivity index is 1.74. The second kappa shape index (κ2) is 7.75. The molecule has 1 aromatic rings. The highest BCUT2D eigenvalue weighted by Gasteiger charge is 2.23. The van der Waals surface area contributed by atoms with Gasteiger partial charge >= 0.3 is 0 Å². The van der Waals surface area contributed by atoms with Gasteiger partial charge in [-0.25, -0.2) is 17.8 Å². The lowest BCUT2D eigenvalue weighted by Crippen LogP contribution is -2.34. The lowest BCUT2D eigenvalue weighted by Gasteiger charge is -2.18. The van der Waals surface area contributed by atoms with Gasteiger partial charge in [0.05, 0.1) is 18.1 Å². The van der Waals surface area contributed by atoms with Crippen LogP contribution in [0, 0.1) is 5.92 Å². The van der Waals surface area contributed by atoms with Crippen LogP contribution in [0.15, 0.2) is 17.1 Å². The van der Waals surface area contributed by atoms with E-state index in [1.54, 1.807) is 19.3 Å². The molecule has 24 heavy (non-hydrogen) atoms. The van der Waals surface area contributed by atoms with E-state index < -0.39 is 10.0 Å². The summed E-state index contributed by atoms with van der Waals surface area (Å²) < 4.78 is 25.4. The third-order valence-electron chi connectivity index (χ3n) is 3.91. The van der Waals surface area contributed by atoms with Gasteiger partial charge in [0.15, 0.2) is 0 Å². The molecule has 1 aromatic heterocycles. The largest absolute Gasteiger partial charge is 0.370 e. The van der Waals surface area contributed by atoms with Crippen molar-refractivity contribution in [2.24, 2.45) is 13.0 Å². The van der Waals surface area contributed by atoms with Crippen LogP contribution < -0.4 is 20.5 Å². The van der Waals surface area contributed by atoms with Crippen LogP contribution in [0.5, 0.6) is 0 Å². The van der Waals surface area contributed by atoms with Crippen LogP contribution in [0.25, 0.3) is 0 Å². The average Bonchev–Trinajstić information content (AvgIpc) is 2.95. The fraction of sp³-hybridized carbons (Fsp3) is 0.643. The summed E-state index contributed by atoms with van der Waals surface area (Å²) in [6.45, 7) is 2.19. The second-order valence-corrected chi connectivity index (χ2v) is 7.83. The number of carbonyl (C=O) groups excluding carboxylic acids is 1. The number of nitrogens with one attached hydrogen (secondary N) is 2. The summed E-state index contributed by atoms with van der Waals surface area (Å²) in [7, 11) is -1.66. The number of hydrogen-bond acceptors (Lipinski definition) is 6. The van der Waals surface area contributed by atoms with Crippen molar-refractivity contribution in [2.75, 3.05) is 37.3 Å². The van der Waals surface area contributed by atoms with Crippen molar-refractivity contribution >= 4 is 21.6 Å². The Morgan fingerprint density at radius 1 is 1.46 bits per heavy atom. The lowest BCUT2D eigenvalue weighted by molar-refractivity contribution is -0.121. The minimum Gasteiger partial charge on any atom is -0.370 e. The molecule has 0 radical (unpaired) electrons. The molecule has 0 saturated carbocycles. The van der Waals surface area contributed by atoms with Crippen LogP contribution in [-0.2, 0) is 21.9 Å². The van der Waals surface area contributed by atoms with Gasteiger partial charge in [-0.3, -0.25) is 9.59 Å². The Morgan fingerprint density at radius 3 is 2.88 bits per heavy atom.